The van der Waals surface area contributed by atoms with E-state index in [1.807, 2.05) is 19.1 Å². The Hall–Kier alpha value is -1.44. The average molecular weight is 316 g/mol. The van der Waals surface area contributed by atoms with Crippen LogP contribution in [-0.2, 0) is 6.42 Å². The molecule has 0 aromatic heterocycles. The average Bonchev–Trinajstić information content (AvgIpc) is 3.11. The Labute approximate surface area is 138 Å². The van der Waals surface area contributed by atoms with Gasteiger partial charge in [0.25, 0.3) is 0 Å². The van der Waals surface area contributed by atoms with E-state index in [-0.39, 0.29) is 0 Å². The maximum atomic E-state index is 14.4. The van der Waals surface area contributed by atoms with Gasteiger partial charge in [-0.3, -0.25) is 0 Å². The van der Waals surface area contributed by atoms with E-state index in [4.69, 9.17) is 0 Å². The summed E-state index contributed by atoms with van der Waals surface area (Å²) in [6, 6.07) is 3.50. The molecule has 1 aromatic rings. The molecule has 0 amide bonds. The van der Waals surface area contributed by atoms with Crippen LogP contribution in [0.25, 0.3) is 5.57 Å². The molecule has 3 rings (SSSR count). The normalized spacial score (nSPS) is 22.7. The summed E-state index contributed by atoms with van der Waals surface area (Å²) in [5.41, 5.74) is 1.90. The van der Waals surface area contributed by atoms with E-state index in [0.717, 1.165) is 36.7 Å². The zero-order chi connectivity index (χ0) is 16.2. The molecule has 1 unspecified atom stereocenters. The second-order valence-corrected chi connectivity index (χ2v) is 6.98. The molecule has 23 heavy (non-hydrogen) atoms. The molecule has 2 heteroatoms. The summed E-state index contributed by atoms with van der Waals surface area (Å²) >= 11 is 0. The van der Waals surface area contributed by atoms with Crippen LogP contribution in [0.15, 0.2) is 30.4 Å². The van der Waals surface area contributed by atoms with Gasteiger partial charge in [0.1, 0.15) is 0 Å². The highest BCUT2D eigenvalue weighted by Gasteiger charge is 2.27. The van der Waals surface area contributed by atoms with Crippen molar-refractivity contribution in [3.05, 3.63) is 53.1 Å². The smallest absolute Gasteiger partial charge is 0.166 e. The number of hydrogen-bond donors (Lipinski definition) is 0. The van der Waals surface area contributed by atoms with Crippen molar-refractivity contribution < 1.29 is 8.78 Å². The first kappa shape index (κ1) is 16.4. The summed E-state index contributed by atoms with van der Waals surface area (Å²) < 4.78 is 28.7. The number of halogens is 2. The van der Waals surface area contributed by atoms with E-state index in [1.54, 1.807) is 12.1 Å². The minimum atomic E-state index is -0.681. The quantitative estimate of drug-likeness (QED) is 0.559. The van der Waals surface area contributed by atoms with Crippen LogP contribution in [0.3, 0.4) is 0 Å². The maximum absolute atomic E-state index is 14.4. The van der Waals surface area contributed by atoms with Crippen molar-refractivity contribution in [1.82, 2.24) is 0 Å². The summed E-state index contributed by atoms with van der Waals surface area (Å²) in [7, 11) is 0. The van der Waals surface area contributed by atoms with Crippen LogP contribution in [0.5, 0.6) is 0 Å². The highest BCUT2D eigenvalue weighted by atomic mass is 19.2. The fraction of sp³-hybridized carbons (Fsp3) is 0.524. The van der Waals surface area contributed by atoms with Gasteiger partial charge in [0.2, 0.25) is 0 Å². The molecule has 0 saturated heterocycles. The second kappa shape index (κ2) is 7.42. The van der Waals surface area contributed by atoms with E-state index in [2.05, 4.69) is 6.08 Å². The molecule has 1 saturated carbocycles. The van der Waals surface area contributed by atoms with Crippen molar-refractivity contribution in [3.8, 4) is 0 Å². The monoisotopic (exact) mass is 316 g/mol. The molecule has 2 aliphatic carbocycles. The SMILES string of the molecule is C/C=C\Cc1ccc(C2=CCC(C3CCCC3)CC2)c(F)c1F. The molecule has 1 aromatic carbocycles. The van der Waals surface area contributed by atoms with Gasteiger partial charge < -0.3 is 0 Å². The summed E-state index contributed by atoms with van der Waals surface area (Å²) in [5.74, 6) is 0.262. The molecular formula is C21H26F2. The molecule has 0 nitrogen and oxygen atoms in total. The molecule has 124 valence electrons. The van der Waals surface area contributed by atoms with Crippen LogP contribution in [0.4, 0.5) is 8.78 Å². The molecule has 0 bridgehead atoms. The van der Waals surface area contributed by atoms with Gasteiger partial charge in [-0.1, -0.05) is 56.0 Å². The van der Waals surface area contributed by atoms with Crippen molar-refractivity contribution >= 4 is 5.57 Å². The number of rotatable bonds is 4. The summed E-state index contributed by atoms with van der Waals surface area (Å²) in [6.07, 6.45) is 14.8. The summed E-state index contributed by atoms with van der Waals surface area (Å²) in [5, 5.41) is 0. The van der Waals surface area contributed by atoms with E-state index in [9.17, 15) is 8.78 Å². The van der Waals surface area contributed by atoms with Crippen molar-refractivity contribution in [2.24, 2.45) is 11.8 Å². The largest absolute Gasteiger partial charge is 0.203 e. The lowest BCUT2D eigenvalue weighted by molar-refractivity contribution is 0.317. The topological polar surface area (TPSA) is 0 Å². The van der Waals surface area contributed by atoms with Crippen LogP contribution in [0, 0.1) is 23.5 Å². The minimum absolute atomic E-state index is 0.435. The first-order valence-electron chi connectivity index (χ1n) is 8.98. The van der Waals surface area contributed by atoms with Crippen LogP contribution in [-0.4, -0.2) is 0 Å². The zero-order valence-corrected chi connectivity index (χ0v) is 14.0. The van der Waals surface area contributed by atoms with Crippen LogP contribution in [0.2, 0.25) is 0 Å². The zero-order valence-electron chi connectivity index (χ0n) is 14.0. The highest BCUT2D eigenvalue weighted by Crippen LogP contribution is 2.41. The molecule has 1 atom stereocenters. The first-order valence-corrected chi connectivity index (χ1v) is 8.98. The number of benzene rings is 1. The van der Waals surface area contributed by atoms with Crippen molar-refractivity contribution in [2.45, 2.75) is 58.3 Å². The molecule has 0 heterocycles. The van der Waals surface area contributed by atoms with Gasteiger partial charge >= 0.3 is 0 Å². The Bertz CT molecular complexity index is 607. The number of hydrogen-bond acceptors (Lipinski definition) is 0. The summed E-state index contributed by atoms with van der Waals surface area (Å²) in [6.45, 7) is 1.89. The standard InChI is InChI=1S/C21H26F2/c1-2-3-6-18-13-14-19(21(23)20(18)22)17-11-9-16(10-12-17)15-7-4-5-8-15/h2-3,11,13-16H,4-10,12H2,1H3/b3-2-. The van der Waals surface area contributed by atoms with Gasteiger partial charge in [0.05, 0.1) is 0 Å². The molecule has 0 spiro atoms. The summed E-state index contributed by atoms with van der Waals surface area (Å²) in [4.78, 5) is 0. The van der Waals surface area contributed by atoms with Crippen molar-refractivity contribution in [3.63, 3.8) is 0 Å². The molecular weight excluding hydrogens is 290 g/mol. The van der Waals surface area contributed by atoms with Crippen molar-refractivity contribution in [1.29, 1.82) is 0 Å². The number of allylic oxidation sites excluding steroid dienone is 4. The Morgan fingerprint density at radius 3 is 2.48 bits per heavy atom. The third kappa shape index (κ3) is 3.57. The second-order valence-electron chi connectivity index (χ2n) is 6.98. The fourth-order valence-corrected chi connectivity index (χ4v) is 4.20. The molecule has 0 aliphatic heterocycles. The van der Waals surface area contributed by atoms with E-state index in [1.165, 1.54) is 25.7 Å². The highest BCUT2D eigenvalue weighted by molar-refractivity contribution is 5.67. The van der Waals surface area contributed by atoms with Gasteiger partial charge in [-0.25, -0.2) is 8.78 Å². The first-order chi connectivity index (χ1) is 11.2. The van der Waals surface area contributed by atoms with E-state index < -0.39 is 11.6 Å². The van der Waals surface area contributed by atoms with Crippen molar-refractivity contribution in [2.75, 3.05) is 0 Å². The lowest BCUT2D eigenvalue weighted by Crippen LogP contribution is -2.14. The lowest BCUT2D eigenvalue weighted by Gasteiger charge is -2.27. The predicted octanol–water partition coefficient (Wildman–Crippen LogP) is 6.46. The Morgan fingerprint density at radius 2 is 1.83 bits per heavy atom. The Kier molecular flexibility index (Phi) is 5.30. The van der Waals surface area contributed by atoms with Crippen LogP contribution < -0.4 is 0 Å². The predicted molar refractivity (Wildman–Crippen MR) is 92.2 cm³/mol. The Balaban J connectivity index is 1.75. The third-order valence-electron chi connectivity index (χ3n) is 5.60. The van der Waals surface area contributed by atoms with Crippen LogP contribution in [0.1, 0.15) is 63.0 Å². The van der Waals surface area contributed by atoms with E-state index >= 15 is 0 Å². The molecule has 1 fully saturated rings. The lowest BCUT2D eigenvalue weighted by atomic mass is 9.78. The molecule has 0 N–H and O–H groups in total. The van der Waals surface area contributed by atoms with Crippen LogP contribution >= 0.6 is 0 Å². The van der Waals surface area contributed by atoms with Gasteiger partial charge in [0.15, 0.2) is 11.6 Å². The Morgan fingerprint density at radius 1 is 1.04 bits per heavy atom. The van der Waals surface area contributed by atoms with Gasteiger partial charge in [-0.2, -0.15) is 0 Å². The molecule has 0 radical (unpaired) electrons. The third-order valence-corrected chi connectivity index (χ3v) is 5.60. The molecule has 2 aliphatic rings. The fourth-order valence-electron chi connectivity index (χ4n) is 4.20. The maximum Gasteiger partial charge on any atom is 0.166 e. The van der Waals surface area contributed by atoms with Gasteiger partial charge in [-0.15, -0.1) is 0 Å². The van der Waals surface area contributed by atoms with Gasteiger partial charge in [-0.05, 0) is 55.6 Å². The van der Waals surface area contributed by atoms with Gasteiger partial charge in [0, 0.05) is 5.56 Å². The van der Waals surface area contributed by atoms with E-state index in [0.29, 0.717) is 17.5 Å². The minimum Gasteiger partial charge on any atom is -0.203 e.